The first-order chi connectivity index (χ1) is 12.5. The lowest BCUT2D eigenvalue weighted by atomic mass is 10.1. The number of hydrogen-bond donors (Lipinski definition) is 2. The Morgan fingerprint density at radius 3 is 2.81 bits per heavy atom. The van der Waals surface area contributed by atoms with Crippen molar-refractivity contribution in [2.24, 2.45) is 5.73 Å². The van der Waals surface area contributed by atoms with Crippen LogP contribution in [0.3, 0.4) is 0 Å². The van der Waals surface area contributed by atoms with Crippen LogP contribution in [0.15, 0.2) is 35.7 Å². The number of rotatable bonds is 6. The van der Waals surface area contributed by atoms with Gasteiger partial charge in [0.25, 0.3) is 5.91 Å². The van der Waals surface area contributed by atoms with E-state index in [-0.39, 0.29) is 12.0 Å². The van der Waals surface area contributed by atoms with Gasteiger partial charge in [-0.3, -0.25) is 14.5 Å². The van der Waals surface area contributed by atoms with Crippen molar-refractivity contribution in [3.05, 3.63) is 51.9 Å². The van der Waals surface area contributed by atoms with Gasteiger partial charge in [0, 0.05) is 31.1 Å². The van der Waals surface area contributed by atoms with Crippen LogP contribution in [0.4, 0.5) is 5.00 Å². The summed E-state index contributed by atoms with van der Waals surface area (Å²) in [6.07, 6.45) is 0.312. The number of nitrogens with one attached hydrogen (secondary N) is 1. The highest BCUT2D eigenvalue weighted by atomic mass is 35.5. The molecule has 1 atom stereocenters. The fourth-order valence-corrected chi connectivity index (χ4v) is 3.77. The molecule has 1 saturated heterocycles. The van der Waals surface area contributed by atoms with Gasteiger partial charge in [-0.1, -0.05) is 23.7 Å². The Hall–Kier alpha value is -1.93. The second kappa shape index (κ2) is 8.64. The zero-order chi connectivity index (χ0) is 18.5. The van der Waals surface area contributed by atoms with E-state index in [1.54, 1.807) is 11.4 Å². The summed E-state index contributed by atoms with van der Waals surface area (Å²) >= 11 is 7.22. The van der Waals surface area contributed by atoms with Crippen molar-refractivity contribution < 1.29 is 14.3 Å². The average Bonchev–Trinajstić information content (AvgIpc) is 3.09. The summed E-state index contributed by atoms with van der Waals surface area (Å²) in [6, 6.07) is 9.24. The zero-order valence-corrected chi connectivity index (χ0v) is 15.7. The van der Waals surface area contributed by atoms with E-state index >= 15 is 0 Å². The van der Waals surface area contributed by atoms with Gasteiger partial charge in [0.15, 0.2) is 0 Å². The summed E-state index contributed by atoms with van der Waals surface area (Å²) in [4.78, 5) is 25.7. The molecule has 0 aliphatic carbocycles. The molecule has 26 heavy (non-hydrogen) atoms. The number of nitrogens with zero attached hydrogens (tertiary/aromatic N) is 1. The number of morpholine rings is 1. The molecular formula is C18H20ClN3O3S. The summed E-state index contributed by atoms with van der Waals surface area (Å²) in [5.41, 5.74) is 6.71. The maximum absolute atomic E-state index is 12.2. The Morgan fingerprint density at radius 1 is 1.31 bits per heavy atom. The summed E-state index contributed by atoms with van der Waals surface area (Å²) in [5, 5.41) is 5.70. The van der Waals surface area contributed by atoms with Gasteiger partial charge in [-0.15, -0.1) is 11.3 Å². The van der Waals surface area contributed by atoms with Gasteiger partial charge in [0.2, 0.25) is 5.91 Å². The van der Waals surface area contributed by atoms with Crippen LogP contribution in [0, 0.1) is 0 Å². The number of carbonyl (C=O) groups is 2. The molecule has 0 bridgehead atoms. The fourth-order valence-electron chi connectivity index (χ4n) is 2.83. The van der Waals surface area contributed by atoms with E-state index in [4.69, 9.17) is 22.1 Å². The second-order valence-electron chi connectivity index (χ2n) is 6.04. The number of ether oxygens (including phenoxy) is 1. The van der Waals surface area contributed by atoms with Gasteiger partial charge in [-0.2, -0.15) is 0 Å². The highest BCUT2D eigenvalue weighted by Crippen LogP contribution is 2.25. The quantitative estimate of drug-likeness (QED) is 0.790. The number of halogens is 1. The molecule has 0 radical (unpaired) electrons. The highest BCUT2D eigenvalue weighted by Gasteiger charge is 2.22. The van der Waals surface area contributed by atoms with E-state index in [1.165, 1.54) is 11.3 Å². The van der Waals surface area contributed by atoms with Gasteiger partial charge < -0.3 is 15.8 Å². The smallest absolute Gasteiger partial charge is 0.251 e. The van der Waals surface area contributed by atoms with E-state index in [1.807, 2.05) is 24.3 Å². The van der Waals surface area contributed by atoms with E-state index < -0.39 is 5.91 Å². The third kappa shape index (κ3) is 4.82. The normalized spacial score (nSPS) is 17.8. The number of carbonyl (C=O) groups excluding carboxylic acids is 2. The molecule has 8 heteroatoms. The Morgan fingerprint density at radius 2 is 2.08 bits per heavy atom. The van der Waals surface area contributed by atoms with Crippen molar-refractivity contribution in [2.75, 3.05) is 31.6 Å². The van der Waals surface area contributed by atoms with Crippen LogP contribution in [-0.4, -0.2) is 43.0 Å². The van der Waals surface area contributed by atoms with Crippen molar-refractivity contribution in [3.8, 4) is 0 Å². The molecular weight excluding hydrogens is 374 g/mol. The molecule has 1 unspecified atom stereocenters. The number of benzene rings is 1. The minimum atomic E-state index is -0.541. The highest BCUT2D eigenvalue weighted by molar-refractivity contribution is 7.14. The Balaban J connectivity index is 1.51. The van der Waals surface area contributed by atoms with Crippen LogP contribution in [0.1, 0.15) is 28.4 Å². The Labute approximate surface area is 160 Å². The first-order valence-corrected chi connectivity index (χ1v) is 9.55. The van der Waals surface area contributed by atoms with Gasteiger partial charge in [0.1, 0.15) is 5.00 Å². The molecule has 3 N–H and O–H groups in total. The summed E-state index contributed by atoms with van der Waals surface area (Å²) in [5.74, 6) is -0.676. The lowest BCUT2D eigenvalue weighted by Crippen LogP contribution is -2.39. The van der Waals surface area contributed by atoms with E-state index in [2.05, 4.69) is 10.2 Å². The lowest BCUT2D eigenvalue weighted by molar-refractivity contribution is -0.117. The Bertz CT molecular complexity index is 778. The first kappa shape index (κ1) is 18.8. The van der Waals surface area contributed by atoms with Crippen molar-refractivity contribution in [1.82, 2.24) is 4.90 Å². The standard InChI is InChI=1S/C18H20ClN3O3S/c19-13-3-1-12(2-4-13)15-11-22(8-9-25-15)7-5-16(23)21-18-14(17(20)24)6-10-26-18/h1-4,6,10,15H,5,7-9,11H2,(H2,20,24)(H,21,23). The van der Waals surface area contributed by atoms with Gasteiger partial charge in [-0.05, 0) is 29.1 Å². The monoisotopic (exact) mass is 393 g/mol. The molecule has 2 heterocycles. The molecule has 1 aliphatic heterocycles. The molecule has 2 amide bonds. The molecule has 0 saturated carbocycles. The predicted octanol–water partition coefficient (Wildman–Crippen LogP) is 2.90. The number of hydrogen-bond acceptors (Lipinski definition) is 5. The van der Waals surface area contributed by atoms with Crippen LogP contribution in [0.5, 0.6) is 0 Å². The second-order valence-corrected chi connectivity index (χ2v) is 7.39. The van der Waals surface area contributed by atoms with Crippen LogP contribution >= 0.6 is 22.9 Å². The minimum absolute atomic E-state index is 0.0251. The van der Waals surface area contributed by atoms with Crippen LogP contribution in [-0.2, 0) is 9.53 Å². The summed E-state index contributed by atoms with van der Waals surface area (Å²) in [7, 11) is 0. The van der Waals surface area contributed by atoms with Crippen LogP contribution in [0.2, 0.25) is 5.02 Å². The Kier molecular flexibility index (Phi) is 6.26. The van der Waals surface area contributed by atoms with Crippen molar-refractivity contribution in [2.45, 2.75) is 12.5 Å². The summed E-state index contributed by atoms with van der Waals surface area (Å²) < 4.78 is 5.83. The molecule has 1 aromatic heterocycles. The third-order valence-corrected chi connectivity index (χ3v) is 5.31. The maximum atomic E-state index is 12.2. The molecule has 1 fully saturated rings. The molecule has 1 aliphatic rings. The lowest BCUT2D eigenvalue weighted by Gasteiger charge is -2.33. The summed E-state index contributed by atoms with van der Waals surface area (Å²) in [6.45, 7) is 2.74. The molecule has 3 rings (SSSR count). The van der Waals surface area contributed by atoms with Crippen LogP contribution in [0.25, 0.3) is 0 Å². The number of thiophene rings is 1. The molecule has 138 valence electrons. The van der Waals surface area contributed by atoms with Crippen LogP contribution < -0.4 is 11.1 Å². The predicted molar refractivity (Wildman–Crippen MR) is 103 cm³/mol. The SMILES string of the molecule is NC(=O)c1ccsc1NC(=O)CCN1CCOC(c2ccc(Cl)cc2)C1. The largest absolute Gasteiger partial charge is 0.371 e. The van der Waals surface area contributed by atoms with E-state index in [9.17, 15) is 9.59 Å². The van der Waals surface area contributed by atoms with Gasteiger partial charge in [0.05, 0.1) is 18.3 Å². The third-order valence-electron chi connectivity index (χ3n) is 4.23. The number of amides is 2. The van der Waals surface area contributed by atoms with E-state index in [0.717, 1.165) is 18.7 Å². The molecule has 6 nitrogen and oxygen atoms in total. The molecule has 0 spiro atoms. The number of primary amides is 1. The number of nitrogens with two attached hydrogens (primary N) is 1. The zero-order valence-electron chi connectivity index (χ0n) is 14.1. The fraction of sp³-hybridized carbons (Fsp3) is 0.333. The minimum Gasteiger partial charge on any atom is -0.371 e. The topological polar surface area (TPSA) is 84.7 Å². The van der Waals surface area contributed by atoms with Gasteiger partial charge >= 0.3 is 0 Å². The molecule has 2 aromatic rings. The van der Waals surface area contributed by atoms with E-state index in [0.29, 0.717) is 35.2 Å². The number of anilines is 1. The molecule has 1 aromatic carbocycles. The van der Waals surface area contributed by atoms with Gasteiger partial charge in [-0.25, -0.2) is 0 Å². The average molecular weight is 394 g/mol. The maximum Gasteiger partial charge on any atom is 0.251 e. The van der Waals surface area contributed by atoms with Crippen molar-refractivity contribution in [3.63, 3.8) is 0 Å². The first-order valence-electron chi connectivity index (χ1n) is 8.29. The van der Waals surface area contributed by atoms with Crippen molar-refractivity contribution >= 4 is 39.8 Å². The van der Waals surface area contributed by atoms with Crippen molar-refractivity contribution in [1.29, 1.82) is 0 Å².